The highest BCUT2D eigenvalue weighted by Gasteiger charge is 2.28. The molecule has 184 valence electrons. The zero-order valence-corrected chi connectivity index (χ0v) is 21.1. The molecule has 1 heterocycles. The van der Waals surface area contributed by atoms with E-state index in [1.165, 1.54) is 0 Å². The van der Waals surface area contributed by atoms with E-state index in [0.29, 0.717) is 21.8 Å². The zero-order chi connectivity index (χ0) is 26.3. The number of aliphatic carboxylic acids is 1. The summed E-state index contributed by atoms with van der Waals surface area (Å²) in [4.78, 5) is 24.3. The van der Waals surface area contributed by atoms with E-state index in [-0.39, 0.29) is 18.1 Å². The predicted molar refractivity (Wildman–Crippen MR) is 148 cm³/mol. The molecule has 0 saturated heterocycles. The van der Waals surface area contributed by atoms with Gasteiger partial charge in [0.25, 0.3) is 5.91 Å². The Morgan fingerprint density at radius 3 is 2.24 bits per heavy atom. The van der Waals surface area contributed by atoms with Crippen molar-refractivity contribution in [2.45, 2.75) is 20.3 Å². The van der Waals surface area contributed by atoms with Gasteiger partial charge in [0.15, 0.2) is 0 Å². The van der Waals surface area contributed by atoms with Crippen LogP contribution >= 0.6 is 11.6 Å². The van der Waals surface area contributed by atoms with Gasteiger partial charge in [0, 0.05) is 16.7 Å². The number of rotatable bonds is 5. The van der Waals surface area contributed by atoms with Crippen molar-refractivity contribution in [2.24, 2.45) is 0 Å². The van der Waals surface area contributed by atoms with Crippen molar-refractivity contribution in [3.05, 3.63) is 106 Å². The Morgan fingerprint density at radius 2 is 1.57 bits per heavy atom. The number of allylic oxidation sites excluding steroid dienone is 1. The van der Waals surface area contributed by atoms with Crippen LogP contribution in [0.25, 0.3) is 33.4 Å². The molecule has 4 aromatic rings. The number of nitrogens with one attached hydrogen (secondary N) is 1. The van der Waals surface area contributed by atoms with Gasteiger partial charge in [0.2, 0.25) is 0 Å². The van der Waals surface area contributed by atoms with Crippen LogP contribution in [0.1, 0.15) is 29.2 Å². The molecule has 5 nitrogen and oxygen atoms in total. The van der Waals surface area contributed by atoms with Crippen molar-refractivity contribution in [1.82, 2.24) is 0 Å². The number of hydrogen-bond acceptors (Lipinski definition) is 3. The van der Waals surface area contributed by atoms with Crippen molar-refractivity contribution < 1.29 is 19.8 Å². The summed E-state index contributed by atoms with van der Waals surface area (Å²) in [6, 6.07) is 24.2. The van der Waals surface area contributed by atoms with Gasteiger partial charge in [-0.1, -0.05) is 72.3 Å². The Kier molecular flexibility index (Phi) is 6.32. The Balaban J connectivity index is 1.57. The number of phenols is 1. The first-order valence-electron chi connectivity index (χ1n) is 11.8. The van der Waals surface area contributed by atoms with E-state index < -0.39 is 5.97 Å². The van der Waals surface area contributed by atoms with Crippen molar-refractivity contribution in [3.8, 4) is 28.0 Å². The highest BCUT2D eigenvalue weighted by atomic mass is 35.5. The van der Waals surface area contributed by atoms with Crippen LogP contribution in [0, 0.1) is 6.92 Å². The summed E-state index contributed by atoms with van der Waals surface area (Å²) in [6.45, 7) is 3.75. The van der Waals surface area contributed by atoms with Crippen LogP contribution in [0.2, 0.25) is 5.02 Å². The number of carboxylic acids is 1. The smallest absolute Gasteiger partial charge is 0.307 e. The number of amides is 1. The minimum Gasteiger partial charge on any atom is -0.507 e. The molecule has 0 radical (unpaired) electrons. The summed E-state index contributed by atoms with van der Waals surface area (Å²) in [5.74, 6) is -0.915. The van der Waals surface area contributed by atoms with Crippen LogP contribution in [-0.2, 0) is 16.0 Å². The summed E-state index contributed by atoms with van der Waals surface area (Å²) >= 11 is 6.64. The maximum absolute atomic E-state index is 13.0. The SMILES string of the molecule is CC(=C1C(=O)Nc2cc(Cl)c(-c3ccc(-c4ccccc4O)cc3)cc21)c1ccc(C)c(CC(=O)O)c1. The van der Waals surface area contributed by atoms with Gasteiger partial charge >= 0.3 is 5.97 Å². The third-order valence-electron chi connectivity index (χ3n) is 6.76. The lowest BCUT2D eigenvalue weighted by atomic mass is 9.92. The number of carbonyl (C=O) groups is 2. The Labute approximate surface area is 219 Å². The maximum Gasteiger partial charge on any atom is 0.307 e. The average Bonchev–Trinajstić information content (AvgIpc) is 3.19. The molecule has 0 saturated carbocycles. The van der Waals surface area contributed by atoms with Crippen LogP contribution < -0.4 is 5.32 Å². The van der Waals surface area contributed by atoms with Crippen LogP contribution in [0.5, 0.6) is 5.75 Å². The average molecular weight is 510 g/mol. The first kappa shape index (κ1) is 24.3. The first-order valence-corrected chi connectivity index (χ1v) is 12.2. The third kappa shape index (κ3) is 4.61. The lowest BCUT2D eigenvalue weighted by Crippen LogP contribution is -2.06. The van der Waals surface area contributed by atoms with Gasteiger partial charge in [-0.25, -0.2) is 0 Å². The zero-order valence-electron chi connectivity index (χ0n) is 20.3. The highest BCUT2D eigenvalue weighted by molar-refractivity contribution is 6.39. The van der Waals surface area contributed by atoms with Crippen molar-refractivity contribution in [1.29, 1.82) is 0 Å². The first-order chi connectivity index (χ1) is 17.7. The fourth-order valence-corrected chi connectivity index (χ4v) is 5.01. The number of para-hydroxylation sites is 1. The fraction of sp³-hybridized carbons (Fsp3) is 0.0968. The van der Waals surface area contributed by atoms with E-state index in [4.69, 9.17) is 11.6 Å². The summed E-state index contributed by atoms with van der Waals surface area (Å²) in [5.41, 5.74) is 8.34. The number of phenolic OH excluding ortho intramolecular Hbond substituents is 1. The normalized spacial score (nSPS) is 13.8. The van der Waals surface area contributed by atoms with Crippen LogP contribution in [0.3, 0.4) is 0 Å². The lowest BCUT2D eigenvalue weighted by Gasteiger charge is -2.12. The summed E-state index contributed by atoms with van der Waals surface area (Å²) in [7, 11) is 0. The molecule has 0 aromatic heterocycles. The minimum absolute atomic E-state index is 0.0818. The van der Waals surface area contributed by atoms with Gasteiger partial charge in [0.1, 0.15) is 5.75 Å². The number of anilines is 1. The molecule has 5 rings (SSSR count). The number of halogens is 1. The molecule has 0 aliphatic carbocycles. The standard InChI is InChI=1S/C31H24ClNO4/c1-17-7-8-21(13-22(17)14-29(35)36)18(2)30-25-15-24(26(32)16-27(25)33-31(30)37)20-11-9-19(10-12-20)23-5-3-4-6-28(23)34/h3-13,15-16,34H,14H2,1-2H3,(H,33,37)(H,35,36). The molecular formula is C31H24ClNO4. The maximum atomic E-state index is 13.0. The fourth-order valence-electron chi connectivity index (χ4n) is 4.73. The van der Waals surface area contributed by atoms with Gasteiger partial charge in [-0.3, -0.25) is 9.59 Å². The molecule has 1 amide bonds. The molecular weight excluding hydrogens is 486 g/mol. The van der Waals surface area contributed by atoms with Gasteiger partial charge in [-0.2, -0.15) is 0 Å². The van der Waals surface area contributed by atoms with E-state index in [1.54, 1.807) is 18.2 Å². The van der Waals surface area contributed by atoms with Crippen molar-refractivity contribution in [2.75, 3.05) is 5.32 Å². The van der Waals surface area contributed by atoms with E-state index in [0.717, 1.165) is 44.5 Å². The van der Waals surface area contributed by atoms with Crippen molar-refractivity contribution >= 4 is 40.3 Å². The monoisotopic (exact) mass is 509 g/mol. The van der Waals surface area contributed by atoms with E-state index in [1.807, 2.05) is 74.5 Å². The van der Waals surface area contributed by atoms with Crippen molar-refractivity contribution in [3.63, 3.8) is 0 Å². The molecule has 1 aliphatic heterocycles. The van der Waals surface area contributed by atoms with E-state index in [2.05, 4.69) is 5.32 Å². The molecule has 0 atom stereocenters. The number of fused-ring (bicyclic) bond motifs is 1. The topological polar surface area (TPSA) is 86.6 Å². The highest BCUT2D eigenvalue weighted by Crippen LogP contribution is 2.43. The van der Waals surface area contributed by atoms with Gasteiger partial charge in [-0.05, 0) is 65.4 Å². The molecule has 0 unspecified atom stereocenters. The van der Waals surface area contributed by atoms with Crippen LogP contribution in [0.15, 0.2) is 78.9 Å². The molecule has 0 fully saturated rings. The lowest BCUT2D eigenvalue weighted by molar-refractivity contribution is -0.136. The van der Waals surface area contributed by atoms with Gasteiger partial charge in [0.05, 0.1) is 22.7 Å². The summed E-state index contributed by atoms with van der Waals surface area (Å²) < 4.78 is 0. The van der Waals surface area contributed by atoms with Crippen LogP contribution in [-0.4, -0.2) is 22.1 Å². The number of aryl methyl sites for hydroxylation is 1. The minimum atomic E-state index is -0.901. The second-order valence-electron chi connectivity index (χ2n) is 9.14. The molecule has 1 aliphatic rings. The second kappa shape index (κ2) is 9.60. The Bertz CT molecular complexity index is 1600. The molecule has 3 N–H and O–H groups in total. The number of aromatic hydroxyl groups is 1. The number of hydrogen-bond donors (Lipinski definition) is 3. The molecule has 4 aromatic carbocycles. The quantitative estimate of drug-likeness (QED) is 0.248. The number of carboxylic acid groups (broad SMARTS) is 1. The largest absolute Gasteiger partial charge is 0.507 e. The summed E-state index contributed by atoms with van der Waals surface area (Å²) in [6.07, 6.45) is -0.0818. The Hall–Kier alpha value is -4.35. The van der Waals surface area contributed by atoms with E-state index >= 15 is 0 Å². The van der Waals surface area contributed by atoms with Gasteiger partial charge < -0.3 is 15.5 Å². The predicted octanol–water partition coefficient (Wildman–Crippen LogP) is 7.20. The summed E-state index contributed by atoms with van der Waals surface area (Å²) in [5, 5.41) is 22.9. The molecule has 0 bridgehead atoms. The number of carbonyl (C=O) groups excluding carboxylic acids is 1. The third-order valence-corrected chi connectivity index (χ3v) is 7.07. The Morgan fingerprint density at radius 1 is 0.892 bits per heavy atom. The molecule has 37 heavy (non-hydrogen) atoms. The number of benzene rings is 4. The van der Waals surface area contributed by atoms with Crippen LogP contribution in [0.4, 0.5) is 5.69 Å². The van der Waals surface area contributed by atoms with E-state index in [9.17, 15) is 19.8 Å². The van der Waals surface area contributed by atoms with Gasteiger partial charge in [-0.15, -0.1) is 0 Å². The molecule has 0 spiro atoms. The second-order valence-corrected chi connectivity index (χ2v) is 9.55. The molecule has 6 heteroatoms.